The van der Waals surface area contributed by atoms with Gasteiger partial charge in [-0.2, -0.15) is 0 Å². The Morgan fingerprint density at radius 3 is 3.25 bits per heavy atom. The van der Waals surface area contributed by atoms with E-state index in [0.717, 1.165) is 5.82 Å². The van der Waals surface area contributed by atoms with Crippen LogP contribution in [-0.4, -0.2) is 22.4 Å². The second kappa shape index (κ2) is 4.33. The van der Waals surface area contributed by atoms with Crippen LogP contribution in [0.3, 0.4) is 0 Å². The van der Waals surface area contributed by atoms with Gasteiger partial charge < -0.3 is 10.3 Å². The third-order valence-electron chi connectivity index (χ3n) is 1.26. The van der Waals surface area contributed by atoms with Crippen molar-refractivity contribution in [1.29, 1.82) is 0 Å². The number of H-pyrrole nitrogens is 1. The van der Waals surface area contributed by atoms with Crippen LogP contribution in [0.1, 0.15) is 12.7 Å². The number of carbonyl (C=O) groups excluding carboxylic acids is 1. The van der Waals surface area contributed by atoms with Gasteiger partial charge in [0.15, 0.2) is 0 Å². The number of carbonyl (C=O) groups is 1. The van der Waals surface area contributed by atoms with Crippen LogP contribution in [0.4, 0.5) is 0 Å². The lowest BCUT2D eigenvalue weighted by Gasteiger charge is -1.92. The van der Waals surface area contributed by atoms with Crippen molar-refractivity contribution in [3.8, 4) is 0 Å². The highest BCUT2D eigenvalue weighted by Gasteiger charge is 1.86. The summed E-state index contributed by atoms with van der Waals surface area (Å²) in [5.74, 6) is 0.763. The maximum Gasteiger partial charge on any atom is 0.217 e. The van der Waals surface area contributed by atoms with E-state index >= 15 is 0 Å². The van der Waals surface area contributed by atoms with Gasteiger partial charge in [-0.3, -0.25) is 4.79 Å². The van der Waals surface area contributed by atoms with Crippen molar-refractivity contribution in [2.75, 3.05) is 6.54 Å². The standard InChI is InChI=1S/C8H11N3O/c1-7(12)9-4-2-3-8-10-5-6-11-8/h2-3,5-6H,4H2,1H3,(H,9,12)(H,10,11). The summed E-state index contributed by atoms with van der Waals surface area (Å²) < 4.78 is 0. The highest BCUT2D eigenvalue weighted by atomic mass is 16.1. The molecule has 1 aromatic rings. The van der Waals surface area contributed by atoms with Crippen molar-refractivity contribution in [2.24, 2.45) is 0 Å². The summed E-state index contributed by atoms with van der Waals surface area (Å²) >= 11 is 0. The fourth-order valence-corrected chi connectivity index (χ4v) is 0.742. The maximum absolute atomic E-state index is 10.4. The number of hydrogen-bond donors (Lipinski definition) is 2. The monoisotopic (exact) mass is 165 g/mol. The van der Waals surface area contributed by atoms with E-state index in [0.29, 0.717) is 6.54 Å². The van der Waals surface area contributed by atoms with Gasteiger partial charge in [0.2, 0.25) is 5.91 Å². The van der Waals surface area contributed by atoms with E-state index in [4.69, 9.17) is 0 Å². The Labute approximate surface area is 70.7 Å². The van der Waals surface area contributed by atoms with Crippen molar-refractivity contribution in [1.82, 2.24) is 15.3 Å². The van der Waals surface area contributed by atoms with Crippen molar-refractivity contribution in [2.45, 2.75) is 6.92 Å². The normalized spacial score (nSPS) is 10.4. The number of imidazole rings is 1. The average Bonchev–Trinajstić information content (AvgIpc) is 2.49. The van der Waals surface area contributed by atoms with Crippen LogP contribution in [-0.2, 0) is 4.79 Å². The molecule has 12 heavy (non-hydrogen) atoms. The molecule has 0 spiro atoms. The van der Waals surface area contributed by atoms with Gasteiger partial charge in [-0.1, -0.05) is 6.08 Å². The predicted octanol–water partition coefficient (Wildman–Crippen LogP) is 0.559. The molecule has 0 radical (unpaired) electrons. The molecule has 0 atom stereocenters. The number of nitrogens with zero attached hydrogens (tertiary/aromatic N) is 1. The lowest BCUT2D eigenvalue weighted by Crippen LogP contribution is -2.19. The summed E-state index contributed by atoms with van der Waals surface area (Å²) in [7, 11) is 0. The van der Waals surface area contributed by atoms with E-state index in [9.17, 15) is 4.79 Å². The van der Waals surface area contributed by atoms with E-state index in [1.54, 1.807) is 12.4 Å². The van der Waals surface area contributed by atoms with E-state index in [2.05, 4.69) is 15.3 Å². The first kappa shape index (κ1) is 8.52. The first-order chi connectivity index (χ1) is 5.79. The SMILES string of the molecule is CC(=O)NCC=Cc1ncc[nH]1. The zero-order valence-electron chi connectivity index (χ0n) is 6.87. The van der Waals surface area contributed by atoms with Crippen molar-refractivity contribution >= 4 is 12.0 Å². The van der Waals surface area contributed by atoms with E-state index < -0.39 is 0 Å². The molecule has 0 unspecified atom stereocenters. The highest BCUT2D eigenvalue weighted by molar-refractivity contribution is 5.73. The Balaban J connectivity index is 2.27. The lowest BCUT2D eigenvalue weighted by atomic mass is 10.4. The van der Waals surface area contributed by atoms with Crippen LogP contribution < -0.4 is 5.32 Å². The summed E-state index contributed by atoms with van der Waals surface area (Å²) in [6.07, 6.45) is 7.08. The minimum absolute atomic E-state index is 0.0286. The molecule has 4 heteroatoms. The molecule has 0 aliphatic heterocycles. The van der Waals surface area contributed by atoms with E-state index in [1.165, 1.54) is 6.92 Å². The van der Waals surface area contributed by atoms with Gasteiger partial charge in [-0.15, -0.1) is 0 Å². The van der Waals surface area contributed by atoms with Crippen LogP contribution in [0.5, 0.6) is 0 Å². The van der Waals surface area contributed by atoms with Gasteiger partial charge in [-0.05, 0) is 6.08 Å². The van der Waals surface area contributed by atoms with Crippen molar-refractivity contribution in [3.63, 3.8) is 0 Å². The Kier molecular flexibility index (Phi) is 3.07. The molecule has 0 saturated carbocycles. The molecule has 0 aliphatic rings. The summed E-state index contributed by atoms with van der Waals surface area (Å²) in [5.41, 5.74) is 0. The molecule has 64 valence electrons. The molecular weight excluding hydrogens is 154 g/mol. The third-order valence-corrected chi connectivity index (χ3v) is 1.26. The van der Waals surface area contributed by atoms with E-state index in [1.807, 2.05) is 12.2 Å². The Bertz CT molecular complexity index is 264. The molecule has 0 aromatic carbocycles. The number of amides is 1. The number of aromatic amines is 1. The number of nitrogens with one attached hydrogen (secondary N) is 2. The van der Waals surface area contributed by atoms with Crippen molar-refractivity contribution in [3.05, 3.63) is 24.3 Å². The molecule has 1 rings (SSSR count). The first-order valence-corrected chi connectivity index (χ1v) is 3.69. The second-order valence-electron chi connectivity index (χ2n) is 2.31. The topological polar surface area (TPSA) is 57.8 Å². The fourth-order valence-electron chi connectivity index (χ4n) is 0.742. The molecule has 2 N–H and O–H groups in total. The molecule has 0 fully saturated rings. The second-order valence-corrected chi connectivity index (χ2v) is 2.31. The molecule has 0 saturated heterocycles. The zero-order chi connectivity index (χ0) is 8.81. The molecule has 4 nitrogen and oxygen atoms in total. The van der Waals surface area contributed by atoms with Crippen molar-refractivity contribution < 1.29 is 4.79 Å². The Hall–Kier alpha value is -1.58. The number of hydrogen-bond acceptors (Lipinski definition) is 2. The number of rotatable bonds is 3. The largest absolute Gasteiger partial charge is 0.353 e. The quantitative estimate of drug-likeness (QED) is 0.687. The zero-order valence-corrected chi connectivity index (χ0v) is 6.87. The first-order valence-electron chi connectivity index (χ1n) is 3.69. The van der Waals surface area contributed by atoms with Gasteiger partial charge in [0.05, 0.1) is 0 Å². The predicted molar refractivity (Wildman–Crippen MR) is 46.3 cm³/mol. The number of aromatic nitrogens is 2. The minimum atomic E-state index is -0.0286. The van der Waals surface area contributed by atoms with Gasteiger partial charge in [0.25, 0.3) is 0 Å². The van der Waals surface area contributed by atoms with Gasteiger partial charge in [-0.25, -0.2) is 4.98 Å². The maximum atomic E-state index is 10.4. The van der Waals surface area contributed by atoms with Crippen LogP contribution in [0.25, 0.3) is 6.08 Å². The molecule has 0 aliphatic carbocycles. The Morgan fingerprint density at radius 2 is 2.67 bits per heavy atom. The van der Waals surface area contributed by atoms with Crippen LogP contribution in [0.2, 0.25) is 0 Å². The molecular formula is C8H11N3O. The molecule has 1 amide bonds. The van der Waals surface area contributed by atoms with Gasteiger partial charge >= 0.3 is 0 Å². The van der Waals surface area contributed by atoms with Gasteiger partial charge in [0.1, 0.15) is 5.82 Å². The van der Waals surface area contributed by atoms with Crippen LogP contribution in [0.15, 0.2) is 18.5 Å². The minimum Gasteiger partial charge on any atom is -0.353 e. The van der Waals surface area contributed by atoms with E-state index in [-0.39, 0.29) is 5.91 Å². The molecule has 0 bridgehead atoms. The smallest absolute Gasteiger partial charge is 0.217 e. The average molecular weight is 165 g/mol. The Morgan fingerprint density at radius 1 is 1.83 bits per heavy atom. The third kappa shape index (κ3) is 3.01. The van der Waals surface area contributed by atoms with Crippen LogP contribution in [0, 0.1) is 0 Å². The molecule has 1 aromatic heterocycles. The fraction of sp³-hybridized carbons (Fsp3) is 0.250. The highest BCUT2D eigenvalue weighted by Crippen LogP contribution is 1.90. The molecule has 1 heterocycles. The summed E-state index contributed by atoms with van der Waals surface area (Å²) in [5, 5.41) is 2.64. The summed E-state index contributed by atoms with van der Waals surface area (Å²) in [6.45, 7) is 2.02. The summed E-state index contributed by atoms with van der Waals surface area (Å²) in [4.78, 5) is 17.3. The lowest BCUT2D eigenvalue weighted by molar-refractivity contribution is -0.118. The van der Waals surface area contributed by atoms with Crippen LogP contribution >= 0.6 is 0 Å². The van der Waals surface area contributed by atoms with Gasteiger partial charge in [0, 0.05) is 25.9 Å². The summed E-state index contributed by atoms with van der Waals surface area (Å²) in [6, 6.07) is 0.